The Balaban J connectivity index is 1.57. The van der Waals surface area contributed by atoms with Crippen LogP contribution in [0.2, 0.25) is 0 Å². The van der Waals surface area contributed by atoms with Gasteiger partial charge in [0.05, 0.1) is 12.2 Å². The number of nitrogens with zero attached hydrogens (tertiary/aromatic N) is 2. The monoisotopic (exact) mass is 334 g/mol. The van der Waals surface area contributed by atoms with Gasteiger partial charge in [-0.05, 0) is 55.2 Å². The zero-order valence-electron chi connectivity index (χ0n) is 14.0. The molecule has 2 aliphatic rings. The van der Waals surface area contributed by atoms with Crippen molar-refractivity contribution in [3.63, 3.8) is 0 Å². The Kier molecular flexibility index (Phi) is 5.51. The van der Waals surface area contributed by atoms with E-state index in [1.54, 1.807) is 17.4 Å². The molecule has 0 N–H and O–H groups in total. The van der Waals surface area contributed by atoms with Crippen molar-refractivity contribution < 1.29 is 9.53 Å². The summed E-state index contributed by atoms with van der Waals surface area (Å²) in [6, 6.07) is 2.37. The fourth-order valence-electron chi connectivity index (χ4n) is 3.68. The summed E-state index contributed by atoms with van der Waals surface area (Å²) >= 11 is 1.65. The highest BCUT2D eigenvalue weighted by molar-refractivity contribution is 7.08. The molecule has 3 unspecified atom stereocenters. The fourth-order valence-corrected chi connectivity index (χ4v) is 4.31. The van der Waals surface area contributed by atoms with Gasteiger partial charge in [0.25, 0.3) is 0 Å². The van der Waals surface area contributed by atoms with Crippen LogP contribution in [0.1, 0.15) is 32.3 Å². The molecule has 0 radical (unpaired) electrons. The number of hydrogen-bond acceptors (Lipinski definition) is 4. The number of thiophene rings is 1. The third kappa shape index (κ3) is 4.43. The third-order valence-electron chi connectivity index (χ3n) is 4.59. The van der Waals surface area contributed by atoms with Crippen molar-refractivity contribution in [2.75, 3.05) is 26.2 Å². The van der Waals surface area contributed by atoms with Gasteiger partial charge >= 0.3 is 0 Å². The summed E-state index contributed by atoms with van der Waals surface area (Å²) in [6.45, 7) is 8.04. The van der Waals surface area contributed by atoms with Crippen LogP contribution in [0.25, 0.3) is 6.08 Å². The summed E-state index contributed by atoms with van der Waals surface area (Å²) < 4.78 is 5.80. The molecule has 0 saturated carbocycles. The highest BCUT2D eigenvalue weighted by atomic mass is 32.1. The molecule has 0 aliphatic carbocycles. The summed E-state index contributed by atoms with van der Waals surface area (Å²) in [5.41, 5.74) is 1.11. The van der Waals surface area contributed by atoms with E-state index in [9.17, 15) is 4.79 Å². The summed E-state index contributed by atoms with van der Waals surface area (Å²) in [6.07, 6.45) is 6.43. The standard InChI is InChI=1S/C18H26N2O2S/c1-14-10-19(11-15(2)22-14)12-17-4-3-8-20(17)18(21)6-5-16-7-9-23-13-16/h5-7,9,13-15,17H,3-4,8,10-12H2,1-2H3/b6-5+. The molecule has 126 valence electrons. The van der Waals surface area contributed by atoms with Crippen LogP contribution in [0.4, 0.5) is 0 Å². The van der Waals surface area contributed by atoms with E-state index in [1.807, 2.05) is 22.4 Å². The van der Waals surface area contributed by atoms with E-state index in [2.05, 4.69) is 24.1 Å². The van der Waals surface area contributed by atoms with Gasteiger partial charge in [-0.25, -0.2) is 0 Å². The molecule has 1 aromatic rings. The molecule has 2 aliphatic heterocycles. The number of likely N-dealkylation sites (tertiary alicyclic amines) is 1. The van der Waals surface area contributed by atoms with Gasteiger partial charge in [-0.2, -0.15) is 11.3 Å². The molecule has 3 heterocycles. The Morgan fingerprint density at radius 3 is 2.87 bits per heavy atom. The van der Waals surface area contributed by atoms with Gasteiger partial charge in [-0.15, -0.1) is 0 Å². The fraction of sp³-hybridized carbons (Fsp3) is 0.611. The number of ether oxygens (including phenoxy) is 1. The second kappa shape index (κ2) is 7.60. The van der Waals surface area contributed by atoms with Crippen LogP contribution in [0.15, 0.2) is 22.9 Å². The van der Waals surface area contributed by atoms with E-state index in [0.717, 1.165) is 44.6 Å². The predicted molar refractivity (Wildman–Crippen MR) is 94.5 cm³/mol. The number of carbonyl (C=O) groups is 1. The molecule has 4 nitrogen and oxygen atoms in total. The van der Waals surface area contributed by atoms with E-state index in [1.165, 1.54) is 0 Å². The van der Waals surface area contributed by atoms with Crippen LogP contribution in [0.5, 0.6) is 0 Å². The zero-order chi connectivity index (χ0) is 16.2. The minimum atomic E-state index is 0.146. The third-order valence-corrected chi connectivity index (χ3v) is 5.29. The molecule has 3 rings (SSSR count). The maximum Gasteiger partial charge on any atom is 0.246 e. The topological polar surface area (TPSA) is 32.8 Å². The number of hydrogen-bond donors (Lipinski definition) is 0. The largest absolute Gasteiger partial charge is 0.373 e. The number of carbonyl (C=O) groups excluding carboxylic acids is 1. The van der Waals surface area contributed by atoms with Crippen LogP contribution < -0.4 is 0 Å². The Morgan fingerprint density at radius 1 is 1.39 bits per heavy atom. The van der Waals surface area contributed by atoms with Crippen molar-refractivity contribution in [2.45, 2.75) is 44.9 Å². The minimum Gasteiger partial charge on any atom is -0.373 e. The molecule has 3 atom stereocenters. The van der Waals surface area contributed by atoms with Crippen molar-refractivity contribution in [3.05, 3.63) is 28.5 Å². The van der Waals surface area contributed by atoms with Crippen LogP contribution in [-0.2, 0) is 9.53 Å². The van der Waals surface area contributed by atoms with Gasteiger partial charge in [-0.1, -0.05) is 0 Å². The summed E-state index contributed by atoms with van der Waals surface area (Å²) in [5.74, 6) is 0.146. The van der Waals surface area contributed by atoms with Crippen molar-refractivity contribution in [1.29, 1.82) is 0 Å². The molecule has 1 amide bonds. The first kappa shape index (κ1) is 16.7. The van der Waals surface area contributed by atoms with Gasteiger partial charge in [0.2, 0.25) is 5.91 Å². The van der Waals surface area contributed by atoms with Crippen molar-refractivity contribution in [3.8, 4) is 0 Å². The van der Waals surface area contributed by atoms with Crippen molar-refractivity contribution in [2.24, 2.45) is 0 Å². The maximum atomic E-state index is 12.5. The first-order chi connectivity index (χ1) is 11.1. The SMILES string of the molecule is CC1CN(CC2CCCN2C(=O)/C=C/c2ccsc2)CC(C)O1. The molecule has 5 heteroatoms. The van der Waals surface area contributed by atoms with Crippen molar-refractivity contribution in [1.82, 2.24) is 9.80 Å². The molecular formula is C18H26N2O2S. The number of morpholine rings is 1. The lowest BCUT2D eigenvalue weighted by atomic mass is 10.1. The Labute approximate surface area is 142 Å². The second-order valence-corrected chi connectivity index (χ2v) is 7.47. The van der Waals surface area contributed by atoms with E-state index in [-0.39, 0.29) is 18.1 Å². The summed E-state index contributed by atoms with van der Waals surface area (Å²) in [7, 11) is 0. The molecule has 1 aromatic heterocycles. The lowest BCUT2D eigenvalue weighted by Crippen LogP contribution is -2.50. The van der Waals surface area contributed by atoms with Crippen LogP contribution in [0.3, 0.4) is 0 Å². The lowest BCUT2D eigenvalue weighted by molar-refractivity contribution is -0.127. The Bertz CT molecular complexity index is 533. The highest BCUT2D eigenvalue weighted by Crippen LogP contribution is 2.21. The van der Waals surface area contributed by atoms with E-state index in [0.29, 0.717) is 6.04 Å². The van der Waals surface area contributed by atoms with Gasteiger partial charge in [-0.3, -0.25) is 9.69 Å². The number of amides is 1. The molecular weight excluding hydrogens is 308 g/mol. The molecule has 2 fully saturated rings. The lowest BCUT2D eigenvalue weighted by Gasteiger charge is -2.38. The Morgan fingerprint density at radius 2 is 2.17 bits per heavy atom. The van der Waals surface area contributed by atoms with E-state index >= 15 is 0 Å². The van der Waals surface area contributed by atoms with Crippen LogP contribution in [-0.4, -0.2) is 60.1 Å². The van der Waals surface area contributed by atoms with Gasteiger partial charge in [0.1, 0.15) is 0 Å². The molecule has 2 saturated heterocycles. The zero-order valence-corrected chi connectivity index (χ0v) is 14.8. The smallest absolute Gasteiger partial charge is 0.246 e. The van der Waals surface area contributed by atoms with Gasteiger partial charge < -0.3 is 9.64 Å². The molecule has 0 bridgehead atoms. The van der Waals surface area contributed by atoms with Crippen molar-refractivity contribution >= 4 is 23.3 Å². The van der Waals surface area contributed by atoms with Crippen LogP contribution in [0, 0.1) is 0 Å². The minimum absolute atomic E-state index is 0.146. The average molecular weight is 334 g/mol. The highest BCUT2D eigenvalue weighted by Gasteiger charge is 2.31. The van der Waals surface area contributed by atoms with Crippen LogP contribution >= 0.6 is 11.3 Å². The van der Waals surface area contributed by atoms with E-state index in [4.69, 9.17) is 4.74 Å². The normalized spacial score (nSPS) is 29.5. The quantitative estimate of drug-likeness (QED) is 0.794. The Hall–Kier alpha value is -1.17. The molecule has 0 spiro atoms. The summed E-state index contributed by atoms with van der Waals surface area (Å²) in [5, 5.41) is 4.09. The average Bonchev–Trinajstić information content (AvgIpc) is 3.15. The van der Waals surface area contributed by atoms with E-state index < -0.39 is 0 Å². The maximum absolute atomic E-state index is 12.5. The number of rotatable bonds is 4. The first-order valence-electron chi connectivity index (χ1n) is 8.50. The molecule has 0 aromatic carbocycles. The van der Waals surface area contributed by atoms with Gasteiger partial charge in [0, 0.05) is 38.3 Å². The predicted octanol–water partition coefficient (Wildman–Crippen LogP) is 2.86. The first-order valence-corrected chi connectivity index (χ1v) is 9.45. The summed E-state index contributed by atoms with van der Waals surface area (Å²) in [4.78, 5) is 17.0. The molecule has 23 heavy (non-hydrogen) atoms. The van der Waals surface area contributed by atoms with Gasteiger partial charge in [0.15, 0.2) is 0 Å². The second-order valence-electron chi connectivity index (χ2n) is 6.69.